The fraction of sp³-hybridized carbons (Fsp3) is 0.714. The molecule has 1 saturated heterocycles. The molecule has 4 nitrogen and oxygen atoms in total. The SMILES string of the molecule is CCc1nc(CC)c(C)c(NC2CCNCC2)n1. The molecule has 1 aromatic heterocycles. The van der Waals surface area contributed by atoms with Gasteiger partial charge in [-0.3, -0.25) is 0 Å². The molecule has 0 aromatic carbocycles. The maximum absolute atomic E-state index is 4.65. The van der Waals surface area contributed by atoms with Crippen molar-refractivity contribution in [2.45, 2.75) is 52.5 Å². The van der Waals surface area contributed by atoms with Crippen LogP contribution in [-0.4, -0.2) is 29.1 Å². The quantitative estimate of drug-likeness (QED) is 0.856. The van der Waals surface area contributed by atoms with E-state index < -0.39 is 0 Å². The first-order chi connectivity index (χ1) is 8.74. The number of aryl methyl sites for hydroxylation is 2. The van der Waals surface area contributed by atoms with Crippen molar-refractivity contribution in [2.75, 3.05) is 18.4 Å². The molecule has 0 spiro atoms. The van der Waals surface area contributed by atoms with Crippen LogP contribution in [0, 0.1) is 6.92 Å². The zero-order valence-corrected chi connectivity index (χ0v) is 11.7. The maximum Gasteiger partial charge on any atom is 0.133 e. The Balaban J connectivity index is 2.19. The van der Waals surface area contributed by atoms with Gasteiger partial charge in [0.15, 0.2) is 0 Å². The Morgan fingerprint density at radius 1 is 1.17 bits per heavy atom. The highest BCUT2D eigenvalue weighted by Crippen LogP contribution is 2.19. The van der Waals surface area contributed by atoms with E-state index in [0.29, 0.717) is 6.04 Å². The molecule has 0 amide bonds. The molecular weight excluding hydrogens is 224 g/mol. The van der Waals surface area contributed by atoms with Crippen molar-refractivity contribution < 1.29 is 0 Å². The summed E-state index contributed by atoms with van der Waals surface area (Å²) in [6, 6.07) is 0.550. The number of anilines is 1. The summed E-state index contributed by atoms with van der Waals surface area (Å²) in [6.07, 6.45) is 4.22. The molecule has 0 saturated carbocycles. The molecule has 1 aromatic rings. The Morgan fingerprint density at radius 2 is 1.89 bits per heavy atom. The van der Waals surface area contributed by atoms with E-state index in [1.54, 1.807) is 0 Å². The summed E-state index contributed by atoms with van der Waals surface area (Å²) in [7, 11) is 0. The largest absolute Gasteiger partial charge is 0.367 e. The molecule has 2 rings (SSSR count). The summed E-state index contributed by atoms with van der Waals surface area (Å²) in [5.41, 5.74) is 2.39. The number of rotatable bonds is 4. The summed E-state index contributed by atoms with van der Waals surface area (Å²) in [5.74, 6) is 2.00. The topological polar surface area (TPSA) is 49.8 Å². The van der Waals surface area contributed by atoms with Crippen LogP contribution in [-0.2, 0) is 12.8 Å². The number of aromatic nitrogens is 2. The van der Waals surface area contributed by atoms with Crippen molar-refractivity contribution in [3.05, 3.63) is 17.1 Å². The molecule has 1 fully saturated rings. The minimum absolute atomic E-state index is 0.550. The third-order valence-electron chi connectivity index (χ3n) is 3.62. The average molecular weight is 248 g/mol. The molecule has 2 N–H and O–H groups in total. The first-order valence-electron chi connectivity index (χ1n) is 7.08. The van der Waals surface area contributed by atoms with Gasteiger partial charge in [0.25, 0.3) is 0 Å². The second kappa shape index (κ2) is 6.14. The highest BCUT2D eigenvalue weighted by atomic mass is 15.1. The molecule has 1 aliphatic rings. The lowest BCUT2D eigenvalue weighted by atomic mass is 10.1. The monoisotopic (exact) mass is 248 g/mol. The van der Waals surface area contributed by atoms with Gasteiger partial charge in [-0.05, 0) is 39.3 Å². The molecule has 2 heterocycles. The van der Waals surface area contributed by atoms with Gasteiger partial charge in [0.1, 0.15) is 11.6 Å². The zero-order chi connectivity index (χ0) is 13.0. The van der Waals surface area contributed by atoms with Crippen LogP contribution in [0.1, 0.15) is 43.8 Å². The van der Waals surface area contributed by atoms with Crippen LogP contribution in [0.2, 0.25) is 0 Å². The van der Waals surface area contributed by atoms with Gasteiger partial charge in [-0.1, -0.05) is 13.8 Å². The van der Waals surface area contributed by atoms with Crippen LogP contribution < -0.4 is 10.6 Å². The highest BCUT2D eigenvalue weighted by Gasteiger charge is 2.16. The van der Waals surface area contributed by atoms with E-state index in [1.165, 1.54) is 24.1 Å². The second-order valence-corrected chi connectivity index (χ2v) is 4.94. The van der Waals surface area contributed by atoms with Gasteiger partial charge >= 0.3 is 0 Å². The molecule has 18 heavy (non-hydrogen) atoms. The predicted molar refractivity (Wildman–Crippen MR) is 75.0 cm³/mol. The van der Waals surface area contributed by atoms with Crippen molar-refractivity contribution in [2.24, 2.45) is 0 Å². The summed E-state index contributed by atoms with van der Waals surface area (Å²) in [5, 5.41) is 6.99. The molecular formula is C14H24N4. The van der Waals surface area contributed by atoms with E-state index in [2.05, 4.69) is 41.4 Å². The number of hydrogen-bond donors (Lipinski definition) is 2. The Hall–Kier alpha value is -1.16. The van der Waals surface area contributed by atoms with Gasteiger partial charge in [0.05, 0.1) is 0 Å². The third kappa shape index (κ3) is 2.99. The Bertz CT molecular complexity index is 397. The van der Waals surface area contributed by atoms with Gasteiger partial charge in [0.2, 0.25) is 0 Å². The lowest BCUT2D eigenvalue weighted by Gasteiger charge is -2.25. The van der Waals surface area contributed by atoms with Crippen molar-refractivity contribution in [3.63, 3.8) is 0 Å². The minimum Gasteiger partial charge on any atom is -0.367 e. The Labute approximate surface area is 110 Å². The van der Waals surface area contributed by atoms with E-state index in [9.17, 15) is 0 Å². The standard InChI is InChI=1S/C14H24N4/c1-4-12-10(3)14(18-13(5-2)17-12)16-11-6-8-15-9-7-11/h11,15H,4-9H2,1-3H3,(H,16,17,18). The second-order valence-electron chi connectivity index (χ2n) is 4.94. The number of nitrogens with one attached hydrogen (secondary N) is 2. The van der Waals surface area contributed by atoms with Crippen LogP contribution in [0.3, 0.4) is 0 Å². The van der Waals surface area contributed by atoms with Crippen LogP contribution >= 0.6 is 0 Å². The fourth-order valence-electron chi connectivity index (χ4n) is 2.42. The van der Waals surface area contributed by atoms with E-state index in [0.717, 1.165) is 37.6 Å². The lowest BCUT2D eigenvalue weighted by Crippen LogP contribution is -2.35. The number of piperidine rings is 1. The fourth-order valence-corrected chi connectivity index (χ4v) is 2.42. The average Bonchev–Trinajstić information content (AvgIpc) is 2.42. The van der Waals surface area contributed by atoms with E-state index in [1.807, 2.05) is 0 Å². The van der Waals surface area contributed by atoms with Crippen LogP contribution in [0.4, 0.5) is 5.82 Å². The number of hydrogen-bond acceptors (Lipinski definition) is 4. The summed E-state index contributed by atoms with van der Waals surface area (Å²) >= 11 is 0. The predicted octanol–water partition coefficient (Wildman–Crippen LogP) is 2.07. The van der Waals surface area contributed by atoms with Gasteiger partial charge in [-0.25, -0.2) is 9.97 Å². The van der Waals surface area contributed by atoms with Crippen LogP contribution in [0.25, 0.3) is 0 Å². The Morgan fingerprint density at radius 3 is 2.50 bits per heavy atom. The molecule has 100 valence electrons. The lowest BCUT2D eigenvalue weighted by molar-refractivity contribution is 0.477. The smallest absolute Gasteiger partial charge is 0.133 e. The van der Waals surface area contributed by atoms with Crippen molar-refractivity contribution in [1.82, 2.24) is 15.3 Å². The van der Waals surface area contributed by atoms with Gasteiger partial charge < -0.3 is 10.6 Å². The van der Waals surface area contributed by atoms with E-state index in [-0.39, 0.29) is 0 Å². The normalized spacial score (nSPS) is 16.8. The maximum atomic E-state index is 4.65. The van der Waals surface area contributed by atoms with E-state index in [4.69, 9.17) is 0 Å². The molecule has 0 atom stereocenters. The van der Waals surface area contributed by atoms with Gasteiger partial charge in [0, 0.05) is 23.7 Å². The first-order valence-corrected chi connectivity index (χ1v) is 7.08. The number of nitrogens with zero attached hydrogens (tertiary/aromatic N) is 2. The molecule has 1 aliphatic heterocycles. The van der Waals surface area contributed by atoms with Gasteiger partial charge in [-0.2, -0.15) is 0 Å². The first kappa shape index (κ1) is 13.3. The molecule has 0 aliphatic carbocycles. The molecule has 0 unspecified atom stereocenters. The van der Waals surface area contributed by atoms with Crippen LogP contribution in [0.5, 0.6) is 0 Å². The van der Waals surface area contributed by atoms with Gasteiger partial charge in [-0.15, -0.1) is 0 Å². The van der Waals surface area contributed by atoms with Crippen LogP contribution in [0.15, 0.2) is 0 Å². The Kier molecular flexibility index (Phi) is 4.53. The highest BCUT2D eigenvalue weighted by molar-refractivity contribution is 5.46. The third-order valence-corrected chi connectivity index (χ3v) is 3.62. The summed E-state index contributed by atoms with van der Waals surface area (Å²) in [6.45, 7) is 8.59. The minimum atomic E-state index is 0.550. The van der Waals surface area contributed by atoms with Crippen molar-refractivity contribution in [1.29, 1.82) is 0 Å². The molecule has 0 bridgehead atoms. The van der Waals surface area contributed by atoms with Crippen molar-refractivity contribution >= 4 is 5.82 Å². The zero-order valence-electron chi connectivity index (χ0n) is 11.7. The van der Waals surface area contributed by atoms with Crippen molar-refractivity contribution in [3.8, 4) is 0 Å². The molecule has 4 heteroatoms. The molecule has 0 radical (unpaired) electrons. The van der Waals surface area contributed by atoms with E-state index >= 15 is 0 Å². The summed E-state index contributed by atoms with van der Waals surface area (Å²) in [4.78, 5) is 9.25. The summed E-state index contributed by atoms with van der Waals surface area (Å²) < 4.78 is 0.